The molecule has 42 heavy (non-hydrogen) atoms. The summed E-state index contributed by atoms with van der Waals surface area (Å²) in [5, 5.41) is 9.78. The molecule has 1 N–H and O–H groups in total. The largest absolute Gasteiger partial charge is 0.485 e. The number of ether oxygens (including phenoxy) is 2. The summed E-state index contributed by atoms with van der Waals surface area (Å²) in [7, 11) is 1.53. The van der Waals surface area contributed by atoms with E-state index in [-0.39, 0.29) is 12.0 Å². The zero-order chi connectivity index (χ0) is 30.1. The molecule has 0 saturated heterocycles. The number of carbonyl (C=O) groups is 1. The Morgan fingerprint density at radius 1 is 1.07 bits per heavy atom. The monoisotopic (exact) mass is 574 g/mol. The van der Waals surface area contributed by atoms with Crippen LogP contribution >= 0.6 is 0 Å². The standard InChI is InChI=1S/C35H43FN2O4/c1-20(2)38(21(3)4)19-27-15-25(29-17-33(41-6)37-18-30(29)36)11-13-28(27)31-14-12-23-7-10-26(16-32(23)42-31)34(24-8-9-24)22(5)35(39)40/h7,10-11,13,15-18,20-22,24,31,34H,8-9,12,14,19H2,1-6H3,(H,39,40)/t22-,31?,34?/m0/s1. The number of hydrogen-bond acceptors (Lipinski definition) is 5. The molecule has 2 unspecified atom stereocenters. The van der Waals surface area contributed by atoms with Gasteiger partial charge in [-0.3, -0.25) is 9.69 Å². The zero-order valence-corrected chi connectivity index (χ0v) is 25.6. The van der Waals surface area contributed by atoms with E-state index in [1.54, 1.807) is 6.07 Å². The summed E-state index contributed by atoms with van der Waals surface area (Å²) in [5.41, 5.74) is 5.63. The van der Waals surface area contributed by atoms with Crippen LogP contribution in [-0.4, -0.2) is 40.2 Å². The molecule has 6 nitrogen and oxygen atoms in total. The molecule has 0 bridgehead atoms. The molecule has 1 aliphatic carbocycles. The highest BCUT2D eigenvalue weighted by Crippen LogP contribution is 2.48. The second kappa shape index (κ2) is 12.4. The SMILES string of the molecule is COc1cc(-c2ccc(C3CCc4ccc(C(C5CC5)[C@H](C)C(=O)O)cc4O3)c(CN(C(C)C)C(C)C)c2)c(F)cn1. The van der Waals surface area contributed by atoms with Gasteiger partial charge in [-0.25, -0.2) is 9.37 Å². The second-order valence-corrected chi connectivity index (χ2v) is 12.5. The summed E-state index contributed by atoms with van der Waals surface area (Å²) >= 11 is 0. The highest BCUT2D eigenvalue weighted by atomic mass is 19.1. The van der Waals surface area contributed by atoms with Crippen molar-refractivity contribution in [2.45, 2.75) is 91.0 Å². The van der Waals surface area contributed by atoms with Crippen LogP contribution < -0.4 is 9.47 Å². The molecule has 2 aliphatic rings. The van der Waals surface area contributed by atoms with Crippen molar-refractivity contribution in [2.24, 2.45) is 11.8 Å². The van der Waals surface area contributed by atoms with E-state index < -0.39 is 17.7 Å². The molecule has 224 valence electrons. The molecule has 0 spiro atoms. The normalized spacial score (nSPS) is 18.1. The van der Waals surface area contributed by atoms with Crippen LogP contribution in [0.1, 0.15) is 88.2 Å². The van der Waals surface area contributed by atoms with Crippen LogP contribution in [0.15, 0.2) is 48.7 Å². The number of halogens is 1. The van der Waals surface area contributed by atoms with Gasteiger partial charge in [-0.2, -0.15) is 0 Å². The van der Waals surface area contributed by atoms with Gasteiger partial charge in [0.2, 0.25) is 5.88 Å². The Balaban J connectivity index is 1.51. The summed E-state index contributed by atoms with van der Waals surface area (Å²) in [6, 6.07) is 14.7. The molecule has 0 amide bonds. The van der Waals surface area contributed by atoms with Crippen molar-refractivity contribution in [3.05, 3.63) is 76.7 Å². The van der Waals surface area contributed by atoms with Crippen LogP contribution in [0.4, 0.5) is 4.39 Å². The van der Waals surface area contributed by atoms with E-state index in [0.717, 1.165) is 59.3 Å². The third-order valence-electron chi connectivity index (χ3n) is 9.00. The molecule has 2 aromatic carbocycles. The molecule has 2 heterocycles. The first-order valence-corrected chi connectivity index (χ1v) is 15.2. The Morgan fingerprint density at radius 2 is 1.81 bits per heavy atom. The molecule has 1 saturated carbocycles. The molecule has 3 atom stereocenters. The fourth-order valence-corrected chi connectivity index (χ4v) is 6.53. The quantitative estimate of drug-likeness (QED) is 0.252. The number of nitrogens with zero attached hydrogens (tertiary/aromatic N) is 2. The number of carboxylic acid groups (broad SMARTS) is 1. The van der Waals surface area contributed by atoms with Gasteiger partial charge in [0.15, 0.2) is 0 Å². The first-order valence-electron chi connectivity index (χ1n) is 15.2. The minimum atomic E-state index is -0.753. The van der Waals surface area contributed by atoms with E-state index in [0.29, 0.717) is 36.0 Å². The van der Waals surface area contributed by atoms with Gasteiger partial charge in [-0.15, -0.1) is 0 Å². The van der Waals surface area contributed by atoms with Gasteiger partial charge in [0.25, 0.3) is 0 Å². The van der Waals surface area contributed by atoms with Gasteiger partial charge in [-0.1, -0.05) is 31.2 Å². The van der Waals surface area contributed by atoms with Crippen LogP contribution in [0.2, 0.25) is 0 Å². The number of fused-ring (bicyclic) bond motifs is 1. The number of aliphatic carboxylic acids is 1. The molecule has 3 aromatic rings. The van der Waals surface area contributed by atoms with Crippen LogP contribution in [0, 0.1) is 17.7 Å². The predicted octanol–water partition coefficient (Wildman–Crippen LogP) is 7.80. The zero-order valence-electron chi connectivity index (χ0n) is 25.6. The second-order valence-electron chi connectivity index (χ2n) is 12.5. The highest BCUT2D eigenvalue weighted by Gasteiger charge is 2.39. The lowest BCUT2D eigenvalue weighted by molar-refractivity contribution is -0.142. The lowest BCUT2D eigenvalue weighted by Gasteiger charge is -2.34. The number of benzene rings is 2. The van der Waals surface area contributed by atoms with Crippen molar-refractivity contribution in [1.29, 1.82) is 0 Å². The molecule has 5 rings (SSSR count). The fraction of sp³-hybridized carbons (Fsp3) is 0.486. The molecule has 1 aliphatic heterocycles. The Morgan fingerprint density at radius 3 is 2.45 bits per heavy atom. The van der Waals surface area contributed by atoms with Crippen LogP contribution in [0.3, 0.4) is 0 Å². The highest BCUT2D eigenvalue weighted by molar-refractivity contribution is 5.71. The third kappa shape index (κ3) is 6.31. The number of pyridine rings is 1. The molecular weight excluding hydrogens is 531 g/mol. The fourth-order valence-electron chi connectivity index (χ4n) is 6.53. The van der Waals surface area contributed by atoms with E-state index in [9.17, 15) is 14.3 Å². The van der Waals surface area contributed by atoms with Crippen LogP contribution in [0.5, 0.6) is 11.6 Å². The first-order chi connectivity index (χ1) is 20.1. The third-order valence-corrected chi connectivity index (χ3v) is 9.00. The predicted molar refractivity (Wildman–Crippen MR) is 162 cm³/mol. The molecule has 7 heteroatoms. The number of aromatic nitrogens is 1. The lowest BCUT2D eigenvalue weighted by atomic mass is 9.82. The van der Waals surface area contributed by atoms with Crippen molar-refractivity contribution in [1.82, 2.24) is 9.88 Å². The van der Waals surface area contributed by atoms with Gasteiger partial charge in [0.05, 0.1) is 19.2 Å². The number of rotatable bonds is 11. The van der Waals surface area contributed by atoms with E-state index in [1.807, 2.05) is 13.0 Å². The molecular formula is C35H43FN2O4. The van der Waals surface area contributed by atoms with Gasteiger partial charge in [-0.05, 0) is 105 Å². The minimum absolute atomic E-state index is 0.00971. The van der Waals surface area contributed by atoms with Crippen LogP contribution in [0.25, 0.3) is 11.1 Å². The summed E-state index contributed by atoms with van der Waals surface area (Å²) in [4.78, 5) is 18.3. The number of aryl methyl sites for hydroxylation is 1. The van der Waals surface area contributed by atoms with E-state index in [1.165, 1.54) is 13.3 Å². The Kier molecular flexibility index (Phi) is 8.88. The number of carboxylic acids is 1. The molecule has 0 radical (unpaired) electrons. The minimum Gasteiger partial charge on any atom is -0.485 e. The Bertz CT molecular complexity index is 1430. The van der Waals surface area contributed by atoms with Crippen molar-refractivity contribution < 1.29 is 23.8 Å². The van der Waals surface area contributed by atoms with Gasteiger partial charge >= 0.3 is 5.97 Å². The van der Waals surface area contributed by atoms with Crippen molar-refractivity contribution in [2.75, 3.05) is 7.11 Å². The lowest BCUT2D eigenvalue weighted by Crippen LogP contribution is -2.36. The van der Waals surface area contributed by atoms with Gasteiger partial charge in [0, 0.05) is 30.3 Å². The van der Waals surface area contributed by atoms with E-state index in [2.05, 4.69) is 67.9 Å². The molecule has 1 fully saturated rings. The maximum atomic E-state index is 14.9. The number of methoxy groups -OCH3 is 1. The summed E-state index contributed by atoms with van der Waals surface area (Å²) in [6.45, 7) is 11.3. The summed E-state index contributed by atoms with van der Waals surface area (Å²) in [5.74, 6) is 0.0255. The molecule has 1 aromatic heterocycles. The average molecular weight is 575 g/mol. The van der Waals surface area contributed by atoms with Crippen molar-refractivity contribution in [3.8, 4) is 22.8 Å². The van der Waals surface area contributed by atoms with Crippen molar-refractivity contribution >= 4 is 5.97 Å². The maximum Gasteiger partial charge on any atom is 0.306 e. The van der Waals surface area contributed by atoms with Gasteiger partial charge in [0.1, 0.15) is 17.7 Å². The van der Waals surface area contributed by atoms with Crippen molar-refractivity contribution in [3.63, 3.8) is 0 Å². The van der Waals surface area contributed by atoms with Crippen LogP contribution in [-0.2, 0) is 17.8 Å². The Labute approximate surface area is 248 Å². The summed E-state index contributed by atoms with van der Waals surface area (Å²) in [6.07, 6.45) is 4.89. The van der Waals surface area contributed by atoms with E-state index >= 15 is 0 Å². The maximum absolute atomic E-state index is 14.9. The van der Waals surface area contributed by atoms with E-state index in [4.69, 9.17) is 9.47 Å². The topological polar surface area (TPSA) is 71.9 Å². The smallest absolute Gasteiger partial charge is 0.306 e. The summed E-state index contributed by atoms with van der Waals surface area (Å²) < 4.78 is 26.9. The Hall–Kier alpha value is -3.45. The average Bonchev–Trinajstić information content (AvgIpc) is 3.80. The number of hydrogen-bond donors (Lipinski definition) is 1. The van der Waals surface area contributed by atoms with Gasteiger partial charge < -0.3 is 14.6 Å². The first kappa shape index (κ1) is 30.0.